The standard InChI is InChI=1S/C16H24ClF3N4O3S/c1-4-21-15(24-11(2)5-8-28(3,25)26)22-6-7-27-14-13(17)9-12(10-23-14)16(18,19)20/h9-11H,4-8H2,1-3H3,(H2,21,22,24). The first kappa shape index (κ1) is 24.3. The Kier molecular flexibility index (Phi) is 9.28. The van der Waals surface area contributed by atoms with Gasteiger partial charge in [0.1, 0.15) is 21.5 Å². The molecule has 0 saturated carbocycles. The maximum absolute atomic E-state index is 12.6. The number of hydrogen-bond acceptors (Lipinski definition) is 5. The number of sulfone groups is 1. The van der Waals surface area contributed by atoms with Crippen molar-refractivity contribution in [1.82, 2.24) is 15.6 Å². The van der Waals surface area contributed by atoms with E-state index < -0.39 is 21.6 Å². The fraction of sp³-hybridized carbons (Fsp3) is 0.625. The molecular formula is C16H24ClF3N4O3S. The second kappa shape index (κ2) is 10.7. The molecule has 2 N–H and O–H groups in total. The van der Waals surface area contributed by atoms with Gasteiger partial charge in [0.05, 0.1) is 17.9 Å². The number of pyridine rings is 1. The fourth-order valence-electron chi connectivity index (χ4n) is 2.00. The minimum absolute atomic E-state index is 0.0480. The number of ether oxygens (including phenoxy) is 1. The molecule has 28 heavy (non-hydrogen) atoms. The van der Waals surface area contributed by atoms with Gasteiger partial charge in [0.2, 0.25) is 5.88 Å². The third-order valence-electron chi connectivity index (χ3n) is 3.38. The van der Waals surface area contributed by atoms with E-state index in [2.05, 4.69) is 20.6 Å². The van der Waals surface area contributed by atoms with Crippen LogP contribution in [0.3, 0.4) is 0 Å². The van der Waals surface area contributed by atoms with Gasteiger partial charge in [-0.05, 0) is 26.3 Å². The lowest BCUT2D eigenvalue weighted by molar-refractivity contribution is -0.137. The molecule has 0 amide bonds. The van der Waals surface area contributed by atoms with Gasteiger partial charge in [-0.2, -0.15) is 13.2 Å². The van der Waals surface area contributed by atoms with Gasteiger partial charge in [-0.25, -0.2) is 18.4 Å². The summed E-state index contributed by atoms with van der Waals surface area (Å²) < 4.78 is 65.5. The van der Waals surface area contributed by atoms with E-state index in [-0.39, 0.29) is 35.8 Å². The van der Waals surface area contributed by atoms with E-state index in [1.807, 2.05) is 13.8 Å². The van der Waals surface area contributed by atoms with Gasteiger partial charge in [0, 0.05) is 25.0 Å². The average Bonchev–Trinajstić information content (AvgIpc) is 2.56. The lowest BCUT2D eigenvalue weighted by Gasteiger charge is -2.17. The van der Waals surface area contributed by atoms with Gasteiger partial charge in [-0.3, -0.25) is 0 Å². The van der Waals surface area contributed by atoms with Crippen LogP contribution < -0.4 is 15.4 Å². The molecule has 0 aliphatic heterocycles. The van der Waals surface area contributed by atoms with Gasteiger partial charge in [0.15, 0.2) is 5.96 Å². The molecule has 0 aliphatic rings. The average molecular weight is 445 g/mol. The van der Waals surface area contributed by atoms with E-state index in [4.69, 9.17) is 16.3 Å². The molecule has 1 atom stereocenters. The van der Waals surface area contributed by atoms with Crippen molar-refractivity contribution in [2.45, 2.75) is 32.5 Å². The van der Waals surface area contributed by atoms with Crippen LogP contribution >= 0.6 is 11.6 Å². The van der Waals surface area contributed by atoms with Crippen LogP contribution in [0.5, 0.6) is 5.88 Å². The number of halogens is 4. The summed E-state index contributed by atoms with van der Waals surface area (Å²) in [4.78, 5) is 7.85. The zero-order valence-electron chi connectivity index (χ0n) is 15.8. The Morgan fingerprint density at radius 1 is 1.43 bits per heavy atom. The minimum Gasteiger partial charge on any atom is -0.475 e. The van der Waals surface area contributed by atoms with Crippen LogP contribution in [0.4, 0.5) is 13.2 Å². The molecular weight excluding hydrogens is 421 g/mol. The second-order valence-electron chi connectivity index (χ2n) is 6.08. The number of aliphatic imine (C=N–C) groups is 1. The molecule has 0 aliphatic carbocycles. The molecule has 1 heterocycles. The molecule has 12 heteroatoms. The summed E-state index contributed by atoms with van der Waals surface area (Å²) in [7, 11) is -3.05. The van der Waals surface area contributed by atoms with E-state index in [1.54, 1.807) is 0 Å². The van der Waals surface area contributed by atoms with Gasteiger partial charge >= 0.3 is 6.18 Å². The molecule has 1 rings (SSSR count). The van der Waals surface area contributed by atoms with Crippen LogP contribution in [-0.2, 0) is 16.0 Å². The van der Waals surface area contributed by atoms with E-state index in [9.17, 15) is 21.6 Å². The highest BCUT2D eigenvalue weighted by Gasteiger charge is 2.31. The topological polar surface area (TPSA) is 92.7 Å². The van der Waals surface area contributed by atoms with Gasteiger partial charge in [-0.15, -0.1) is 0 Å². The van der Waals surface area contributed by atoms with Crippen molar-refractivity contribution in [3.63, 3.8) is 0 Å². The normalized spacial score (nSPS) is 13.9. The summed E-state index contributed by atoms with van der Waals surface area (Å²) in [6.07, 6.45) is -2.28. The molecule has 1 unspecified atom stereocenters. The molecule has 1 aromatic rings. The second-order valence-corrected chi connectivity index (χ2v) is 8.75. The van der Waals surface area contributed by atoms with Crippen LogP contribution in [-0.4, -0.2) is 57.1 Å². The smallest absolute Gasteiger partial charge is 0.417 e. The lowest BCUT2D eigenvalue weighted by Crippen LogP contribution is -2.43. The van der Waals surface area contributed by atoms with Crippen molar-refractivity contribution in [3.8, 4) is 5.88 Å². The summed E-state index contributed by atoms with van der Waals surface area (Å²) in [6, 6.07) is 0.627. The van der Waals surface area contributed by atoms with Crippen molar-refractivity contribution < 1.29 is 26.3 Å². The summed E-state index contributed by atoms with van der Waals surface area (Å²) in [6.45, 7) is 4.54. The first-order valence-corrected chi connectivity index (χ1v) is 10.9. The van der Waals surface area contributed by atoms with Crippen LogP contribution in [0.2, 0.25) is 5.02 Å². The molecule has 7 nitrogen and oxygen atoms in total. The first-order valence-electron chi connectivity index (χ1n) is 8.50. The predicted molar refractivity (Wildman–Crippen MR) is 103 cm³/mol. The maximum atomic E-state index is 12.6. The van der Waals surface area contributed by atoms with Crippen LogP contribution in [0.25, 0.3) is 0 Å². The van der Waals surface area contributed by atoms with Crippen molar-refractivity contribution in [2.75, 3.05) is 31.7 Å². The molecule has 1 aromatic heterocycles. The SMILES string of the molecule is CCNC(=NCCOc1ncc(C(F)(F)F)cc1Cl)NC(C)CCS(C)(=O)=O. The fourth-order valence-corrected chi connectivity index (χ4v) is 3.01. The Morgan fingerprint density at radius 3 is 2.64 bits per heavy atom. The van der Waals surface area contributed by atoms with E-state index in [0.29, 0.717) is 25.1 Å². The Labute approximate surface area is 167 Å². The first-order chi connectivity index (χ1) is 12.9. The maximum Gasteiger partial charge on any atom is 0.417 e. The quantitative estimate of drug-likeness (QED) is 0.345. The summed E-state index contributed by atoms with van der Waals surface area (Å²) >= 11 is 5.77. The highest BCUT2D eigenvalue weighted by molar-refractivity contribution is 7.90. The third kappa shape index (κ3) is 9.45. The molecule has 0 fully saturated rings. The molecule has 0 spiro atoms. The largest absolute Gasteiger partial charge is 0.475 e. The Hall–Kier alpha value is -1.75. The Bertz CT molecular complexity index is 773. The zero-order valence-corrected chi connectivity index (χ0v) is 17.4. The highest BCUT2D eigenvalue weighted by atomic mass is 35.5. The lowest BCUT2D eigenvalue weighted by atomic mass is 10.3. The van der Waals surface area contributed by atoms with Crippen LogP contribution in [0.1, 0.15) is 25.8 Å². The minimum atomic E-state index is -4.53. The van der Waals surface area contributed by atoms with Crippen molar-refractivity contribution in [3.05, 3.63) is 22.8 Å². The number of nitrogens with zero attached hydrogens (tertiary/aromatic N) is 2. The van der Waals surface area contributed by atoms with Gasteiger partial charge < -0.3 is 15.4 Å². The van der Waals surface area contributed by atoms with E-state index >= 15 is 0 Å². The predicted octanol–water partition coefficient (Wildman–Crippen LogP) is 2.51. The summed E-state index contributed by atoms with van der Waals surface area (Å²) in [5, 5.41) is 5.85. The van der Waals surface area contributed by atoms with Crippen molar-refractivity contribution >= 4 is 27.4 Å². The molecule has 0 bridgehead atoms. The Balaban J connectivity index is 2.58. The number of aromatic nitrogens is 1. The Morgan fingerprint density at radius 2 is 2.11 bits per heavy atom. The van der Waals surface area contributed by atoms with Crippen LogP contribution in [0.15, 0.2) is 17.3 Å². The van der Waals surface area contributed by atoms with Crippen molar-refractivity contribution in [1.29, 1.82) is 0 Å². The highest BCUT2D eigenvalue weighted by Crippen LogP contribution is 2.32. The number of rotatable bonds is 9. The third-order valence-corrected chi connectivity index (χ3v) is 4.63. The van der Waals surface area contributed by atoms with Crippen LogP contribution in [0, 0.1) is 0 Å². The molecule has 0 saturated heterocycles. The molecule has 0 radical (unpaired) electrons. The monoisotopic (exact) mass is 444 g/mol. The number of nitrogens with one attached hydrogen (secondary N) is 2. The van der Waals surface area contributed by atoms with Gasteiger partial charge in [0.25, 0.3) is 0 Å². The molecule has 0 aromatic carbocycles. The van der Waals surface area contributed by atoms with E-state index in [0.717, 1.165) is 6.07 Å². The molecule has 160 valence electrons. The van der Waals surface area contributed by atoms with Crippen molar-refractivity contribution in [2.24, 2.45) is 4.99 Å². The summed E-state index contributed by atoms with van der Waals surface area (Å²) in [5.41, 5.74) is -0.954. The number of guanidine groups is 1. The summed E-state index contributed by atoms with van der Waals surface area (Å²) in [5.74, 6) is 0.421. The number of hydrogen-bond donors (Lipinski definition) is 2. The zero-order chi connectivity index (χ0) is 21.4. The van der Waals surface area contributed by atoms with Gasteiger partial charge in [-0.1, -0.05) is 11.6 Å². The van der Waals surface area contributed by atoms with E-state index in [1.165, 1.54) is 6.26 Å². The number of alkyl halides is 3.